The Bertz CT molecular complexity index is 617. The molecule has 0 saturated carbocycles. The van der Waals surface area contributed by atoms with Crippen molar-refractivity contribution in [2.24, 2.45) is 5.73 Å². The number of amides is 1. The molecule has 2 N–H and O–H groups in total. The first-order valence-electron chi connectivity index (χ1n) is 6.50. The largest absolute Gasteiger partial charge is 0.492 e. The molecule has 0 spiro atoms. The number of hydrogen-bond acceptors (Lipinski definition) is 3. The van der Waals surface area contributed by atoms with Crippen molar-refractivity contribution in [2.75, 3.05) is 6.61 Å². The monoisotopic (exact) mass is 285 g/mol. The molecule has 0 radical (unpaired) electrons. The topological polar surface area (TPSA) is 52.3 Å². The summed E-state index contributed by atoms with van der Waals surface area (Å²) in [6.07, 6.45) is 1.000. The summed E-state index contributed by atoms with van der Waals surface area (Å²) >= 11 is 1.83. The quantitative estimate of drug-likeness (QED) is 0.939. The first kappa shape index (κ1) is 13.1. The number of carbonyl (C=O) groups is 1. The fourth-order valence-corrected chi connectivity index (χ4v) is 3.54. The minimum Gasteiger partial charge on any atom is -0.492 e. The van der Waals surface area contributed by atoms with Crippen molar-refractivity contribution >= 4 is 17.7 Å². The van der Waals surface area contributed by atoms with Gasteiger partial charge in [-0.2, -0.15) is 0 Å². The maximum atomic E-state index is 11.3. The molecule has 1 aliphatic rings. The molecule has 0 saturated heterocycles. The van der Waals surface area contributed by atoms with Gasteiger partial charge in [-0.25, -0.2) is 0 Å². The minimum absolute atomic E-state index is 0.383. The molecule has 1 aliphatic heterocycles. The van der Waals surface area contributed by atoms with E-state index in [0.29, 0.717) is 23.2 Å². The van der Waals surface area contributed by atoms with E-state index in [0.717, 1.165) is 6.42 Å². The predicted molar refractivity (Wildman–Crippen MR) is 80.2 cm³/mol. The molecule has 0 fully saturated rings. The summed E-state index contributed by atoms with van der Waals surface area (Å²) in [5.74, 6) is 0.111. The van der Waals surface area contributed by atoms with Gasteiger partial charge in [-0.05, 0) is 30.2 Å². The fraction of sp³-hybridized carbons (Fsp3) is 0.188. The van der Waals surface area contributed by atoms with Crippen LogP contribution in [-0.4, -0.2) is 17.8 Å². The Morgan fingerprint density at radius 2 is 1.95 bits per heavy atom. The van der Waals surface area contributed by atoms with E-state index >= 15 is 0 Å². The third-order valence-electron chi connectivity index (χ3n) is 3.29. The van der Waals surface area contributed by atoms with E-state index in [1.165, 1.54) is 10.5 Å². The molecule has 1 heterocycles. The number of rotatable bonds is 4. The highest BCUT2D eigenvalue weighted by molar-refractivity contribution is 8.00. The lowest BCUT2D eigenvalue weighted by Crippen LogP contribution is -2.17. The Morgan fingerprint density at radius 1 is 1.20 bits per heavy atom. The second-order valence-electron chi connectivity index (χ2n) is 4.72. The normalized spacial score (nSPS) is 16.7. The lowest BCUT2D eigenvalue weighted by atomic mass is 10.1. The van der Waals surface area contributed by atoms with Gasteiger partial charge in [0.25, 0.3) is 5.91 Å². The first-order valence-corrected chi connectivity index (χ1v) is 7.38. The van der Waals surface area contributed by atoms with Crippen molar-refractivity contribution in [1.29, 1.82) is 0 Å². The van der Waals surface area contributed by atoms with Crippen LogP contribution in [0.5, 0.6) is 5.75 Å². The summed E-state index contributed by atoms with van der Waals surface area (Å²) in [5, 5.41) is 0.383. The first-order chi connectivity index (χ1) is 9.74. The Kier molecular flexibility index (Phi) is 3.65. The van der Waals surface area contributed by atoms with E-state index in [1.807, 2.05) is 17.8 Å². The van der Waals surface area contributed by atoms with Gasteiger partial charge in [0.05, 0.1) is 5.56 Å². The molecule has 0 aromatic heterocycles. The zero-order valence-corrected chi connectivity index (χ0v) is 11.7. The van der Waals surface area contributed by atoms with E-state index in [-0.39, 0.29) is 0 Å². The lowest BCUT2D eigenvalue weighted by molar-refractivity contribution is 0.0996. The molecule has 102 valence electrons. The highest BCUT2D eigenvalue weighted by Crippen LogP contribution is 2.37. The van der Waals surface area contributed by atoms with Crippen LogP contribution in [0.1, 0.15) is 15.9 Å². The van der Waals surface area contributed by atoms with Crippen molar-refractivity contribution in [2.45, 2.75) is 16.6 Å². The molecule has 0 aliphatic carbocycles. The molecule has 1 atom stereocenters. The lowest BCUT2D eigenvalue weighted by Gasteiger charge is -2.13. The number of fused-ring (bicyclic) bond motifs is 1. The number of primary amides is 1. The van der Waals surface area contributed by atoms with Gasteiger partial charge in [0.1, 0.15) is 12.4 Å². The van der Waals surface area contributed by atoms with Gasteiger partial charge in [-0.1, -0.05) is 30.3 Å². The second-order valence-corrected chi connectivity index (χ2v) is 6.07. The molecule has 2 aromatic rings. The summed E-state index contributed by atoms with van der Waals surface area (Å²) in [4.78, 5) is 12.7. The summed E-state index contributed by atoms with van der Waals surface area (Å²) in [5.41, 5.74) is 7.15. The molecule has 3 nitrogen and oxygen atoms in total. The number of hydrogen-bond donors (Lipinski definition) is 1. The van der Waals surface area contributed by atoms with Gasteiger partial charge in [-0.15, -0.1) is 11.8 Å². The van der Waals surface area contributed by atoms with Crippen LogP contribution in [0.4, 0.5) is 0 Å². The van der Waals surface area contributed by atoms with Gasteiger partial charge < -0.3 is 10.5 Å². The number of carbonyl (C=O) groups excluding carboxylic acids is 1. The van der Waals surface area contributed by atoms with E-state index in [2.05, 4.69) is 24.3 Å². The van der Waals surface area contributed by atoms with Crippen LogP contribution in [0.25, 0.3) is 0 Å². The molecular formula is C16H15NO2S. The third kappa shape index (κ3) is 2.65. The Morgan fingerprint density at radius 3 is 2.75 bits per heavy atom. The van der Waals surface area contributed by atoms with Crippen molar-refractivity contribution in [3.8, 4) is 5.75 Å². The Hall–Kier alpha value is -1.94. The smallest absolute Gasteiger partial charge is 0.252 e. The van der Waals surface area contributed by atoms with Gasteiger partial charge in [-0.3, -0.25) is 4.79 Å². The highest BCUT2D eigenvalue weighted by atomic mass is 32.2. The van der Waals surface area contributed by atoms with Crippen LogP contribution < -0.4 is 10.5 Å². The number of ether oxygens (including phenoxy) is 1. The zero-order valence-electron chi connectivity index (χ0n) is 10.9. The van der Waals surface area contributed by atoms with E-state index in [9.17, 15) is 4.79 Å². The number of para-hydroxylation sites is 1. The number of benzene rings is 2. The molecule has 4 heteroatoms. The summed E-state index contributed by atoms with van der Waals surface area (Å²) in [6.45, 7) is 0.573. The molecular weight excluding hydrogens is 270 g/mol. The van der Waals surface area contributed by atoms with E-state index in [4.69, 9.17) is 10.5 Å². The van der Waals surface area contributed by atoms with Gasteiger partial charge in [0, 0.05) is 10.1 Å². The van der Waals surface area contributed by atoms with Crippen molar-refractivity contribution < 1.29 is 9.53 Å². The average Bonchev–Trinajstić information content (AvgIpc) is 2.88. The third-order valence-corrected chi connectivity index (χ3v) is 4.58. The number of thioether (sulfide) groups is 1. The Labute approximate surface area is 122 Å². The molecule has 1 amide bonds. The molecule has 2 aromatic carbocycles. The highest BCUT2D eigenvalue weighted by Gasteiger charge is 2.22. The van der Waals surface area contributed by atoms with Crippen molar-refractivity contribution in [1.82, 2.24) is 0 Å². The van der Waals surface area contributed by atoms with Crippen LogP contribution >= 0.6 is 11.8 Å². The Balaban J connectivity index is 1.66. The van der Waals surface area contributed by atoms with Crippen LogP contribution in [0.15, 0.2) is 53.4 Å². The van der Waals surface area contributed by atoms with Gasteiger partial charge >= 0.3 is 0 Å². The SMILES string of the molecule is NC(=O)c1ccccc1OCC1Cc2ccccc2S1. The van der Waals surface area contributed by atoms with Crippen LogP contribution in [0, 0.1) is 0 Å². The average molecular weight is 285 g/mol. The molecule has 0 bridgehead atoms. The van der Waals surface area contributed by atoms with E-state index in [1.54, 1.807) is 18.2 Å². The van der Waals surface area contributed by atoms with Crippen LogP contribution in [0.3, 0.4) is 0 Å². The summed E-state index contributed by atoms with van der Waals surface area (Å²) in [7, 11) is 0. The summed E-state index contributed by atoms with van der Waals surface area (Å²) in [6, 6.07) is 15.5. The van der Waals surface area contributed by atoms with Gasteiger partial charge in [0.15, 0.2) is 0 Å². The van der Waals surface area contributed by atoms with Crippen molar-refractivity contribution in [3.63, 3.8) is 0 Å². The maximum absolute atomic E-state index is 11.3. The standard InChI is InChI=1S/C16H15NO2S/c17-16(18)13-6-2-3-7-14(13)19-10-12-9-11-5-1-4-8-15(11)20-12/h1-8,12H,9-10H2,(H2,17,18). The van der Waals surface area contributed by atoms with Gasteiger partial charge in [0.2, 0.25) is 0 Å². The second kappa shape index (κ2) is 5.59. The van der Waals surface area contributed by atoms with Crippen LogP contribution in [-0.2, 0) is 6.42 Å². The number of nitrogens with two attached hydrogens (primary N) is 1. The van der Waals surface area contributed by atoms with Crippen molar-refractivity contribution in [3.05, 3.63) is 59.7 Å². The fourth-order valence-electron chi connectivity index (χ4n) is 2.33. The van der Waals surface area contributed by atoms with E-state index < -0.39 is 5.91 Å². The minimum atomic E-state index is -0.456. The molecule has 1 unspecified atom stereocenters. The molecule has 20 heavy (non-hydrogen) atoms. The maximum Gasteiger partial charge on any atom is 0.252 e. The zero-order chi connectivity index (χ0) is 13.9. The van der Waals surface area contributed by atoms with Crippen LogP contribution in [0.2, 0.25) is 0 Å². The summed E-state index contributed by atoms with van der Waals surface area (Å²) < 4.78 is 5.79. The molecule has 3 rings (SSSR count). The predicted octanol–water partition coefficient (Wildman–Crippen LogP) is 2.88.